The van der Waals surface area contributed by atoms with Crippen molar-refractivity contribution in [3.63, 3.8) is 0 Å². The van der Waals surface area contributed by atoms with Crippen LogP contribution in [-0.4, -0.2) is 4.92 Å². The molecule has 2 rings (SSSR count). The molecule has 0 fully saturated rings. The molecule has 0 aliphatic heterocycles. The zero-order valence-corrected chi connectivity index (χ0v) is 12.5. The van der Waals surface area contributed by atoms with Gasteiger partial charge in [0.1, 0.15) is 12.4 Å². The third kappa shape index (κ3) is 4.04. The summed E-state index contributed by atoms with van der Waals surface area (Å²) in [5.74, 6) is 0.605. The molecule has 0 radical (unpaired) electrons. The lowest BCUT2D eigenvalue weighted by atomic mass is 10.1. The highest BCUT2D eigenvalue weighted by atomic mass is 79.9. The fourth-order valence-electron chi connectivity index (χ4n) is 1.78. The van der Waals surface area contributed by atoms with E-state index in [1.807, 2.05) is 0 Å². The molecule has 6 heteroatoms. The molecule has 2 aromatic rings. The summed E-state index contributed by atoms with van der Waals surface area (Å²) in [4.78, 5) is 10.6. The van der Waals surface area contributed by atoms with Gasteiger partial charge in [-0.05, 0) is 29.8 Å². The maximum atomic E-state index is 11.0. The van der Waals surface area contributed by atoms with E-state index < -0.39 is 4.92 Å². The Morgan fingerprint density at radius 2 is 1.95 bits per heavy atom. The highest BCUT2D eigenvalue weighted by Crippen LogP contribution is 2.25. The molecular formula is C15H11BrN2O3. The third-order valence-electron chi connectivity index (χ3n) is 2.84. The largest absolute Gasteiger partial charge is 0.489 e. The normalized spacial score (nSPS) is 9.90. The number of halogens is 1. The molecule has 0 spiro atoms. The Labute approximate surface area is 130 Å². The smallest absolute Gasteiger partial charge is 0.277 e. The standard InChI is InChI=1S/C15H11BrN2O3/c16-13-4-3-12(15(9-13)18(19)20)10-21-14-5-1-11(2-6-14)7-8-17/h1-6,9H,7,10H2. The Morgan fingerprint density at radius 3 is 2.57 bits per heavy atom. The van der Waals surface area contributed by atoms with Crippen LogP contribution < -0.4 is 4.74 Å². The topological polar surface area (TPSA) is 76.2 Å². The fraction of sp³-hybridized carbons (Fsp3) is 0.133. The SMILES string of the molecule is N#CCc1ccc(OCc2ccc(Br)cc2[N+](=O)[O-])cc1. The molecule has 0 aliphatic rings. The molecule has 0 amide bonds. The van der Waals surface area contributed by atoms with Crippen LogP contribution in [0.3, 0.4) is 0 Å². The van der Waals surface area contributed by atoms with E-state index in [0.717, 1.165) is 5.56 Å². The van der Waals surface area contributed by atoms with Crippen LogP contribution in [0.25, 0.3) is 0 Å². The summed E-state index contributed by atoms with van der Waals surface area (Å²) in [7, 11) is 0. The van der Waals surface area contributed by atoms with E-state index in [1.165, 1.54) is 6.07 Å². The number of nitro benzene ring substituents is 1. The first-order valence-corrected chi connectivity index (χ1v) is 6.91. The van der Waals surface area contributed by atoms with E-state index in [0.29, 0.717) is 22.2 Å². The predicted molar refractivity (Wildman–Crippen MR) is 80.9 cm³/mol. The Bertz CT molecular complexity index is 693. The van der Waals surface area contributed by atoms with Gasteiger partial charge in [-0.2, -0.15) is 5.26 Å². The molecule has 0 atom stereocenters. The molecule has 0 saturated carbocycles. The van der Waals surface area contributed by atoms with Gasteiger partial charge in [0.05, 0.1) is 23.0 Å². The van der Waals surface area contributed by atoms with Crippen molar-refractivity contribution in [2.24, 2.45) is 0 Å². The lowest BCUT2D eigenvalue weighted by molar-refractivity contribution is -0.385. The van der Waals surface area contributed by atoms with Crippen LogP contribution in [-0.2, 0) is 13.0 Å². The Hall–Kier alpha value is -2.39. The third-order valence-corrected chi connectivity index (χ3v) is 3.34. The minimum atomic E-state index is -0.431. The number of nitrogens with zero attached hydrogens (tertiary/aromatic N) is 2. The van der Waals surface area contributed by atoms with Crippen molar-refractivity contribution in [2.75, 3.05) is 0 Å². The highest BCUT2D eigenvalue weighted by molar-refractivity contribution is 9.10. The second kappa shape index (κ2) is 6.86. The van der Waals surface area contributed by atoms with E-state index in [2.05, 4.69) is 22.0 Å². The van der Waals surface area contributed by atoms with Crippen LogP contribution in [0.1, 0.15) is 11.1 Å². The predicted octanol–water partition coefficient (Wildman–Crippen LogP) is 4.00. The van der Waals surface area contributed by atoms with Crippen molar-refractivity contribution in [3.05, 3.63) is 68.2 Å². The van der Waals surface area contributed by atoms with Gasteiger partial charge in [-0.3, -0.25) is 10.1 Å². The Kier molecular flexibility index (Phi) is 4.90. The van der Waals surface area contributed by atoms with Crippen LogP contribution in [0.4, 0.5) is 5.69 Å². The van der Waals surface area contributed by atoms with Crippen LogP contribution in [0.5, 0.6) is 5.75 Å². The van der Waals surface area contributed by atoms with Crippen LogP contribution in [0.15, 0.2) is 46.9 Å². The van der Waals surface area contributed by atoms with Crippen molar-refractivity contribution in [2.45, 2.75) is 13.0 Å². The average Bonchev–Trinajstić information content (AvgIpc) is 2.47. The van der Waals surface area contributed by atoms with E-state index in [9.17, 15) is 10.1 Å². The van der Waals surface area contributed by atoms with Crippen LogP contribution in [0, 0.1) is 21.4 Å². The minimum Gasteiger partial charge on any atom is -0.489 e. The van der Waals surface area contributed by atoms with E-state index in [4.69, 9.17) is 10.00 Å². The second-order valence-corrected chi connectivity index (χ2v) is 5.21. The maximum absolute atomic E-state index is 11.0. The number of hydrogen-bond donors (Lipinski definition) is 0. The zero-order chi connectivity index (χ0) is 15.2. The molecule has 0 saturated heterocycles. The summed E-state index contributed by atoms with van der Waals surface area (Å²) in [5.41, 5.74) is 1.43. The minimum absolute atomic E-state index is 0.0190. The summed E-state index contributed by atoms with van der Waals surface area (Å²) in [6.45, 7) is 0.112. The molecular weight excluding hydrogens is 336 g/mol. The number of benzene rings is 2. The molecule has 0 aromatic heterocycles. The molecule has 0 N–H and O–H groups in total. The monoisotopic (exact) mass is 346 g/mol. The fourth-order valence-corrected chi connectivity index (χ4v) is 2.13. The number of rotatable bonds is 5. The van der Waals surface area contributed by atoms with Gasteiger partial charge >= 0.3 is 0 Å². The molecule has 0 aliphatic carbocycles. The first kappa shape index (κ1) is 15.0. The molecule has 106 valence electrons. The van der Waals surface area contributed by atoms with E-state index in [-0.39, 0.29) is 12.3 Å². The van der Waals surface area contributed by atoms with Crippen molar-refractivity contribution in [1.29, 1.82) is 5.26 Å². The number of nitriles is 1. The van der Waals surface area contributed by atoms with Gasteiger partial charge in [0.2, 0.25) is 0 Å². The molecule has 0 heterocycles. The second-order valence-electron chi connectivity index (χ2n) is 4.30. The van der Waals surface area contributed by atoms with Crippen molar-refractivity contribution < 1.29 is 9.66 Å². The highest BCUT2D eigenvalue weighted by Gasteiger charge is 2.14. The lowest BCUT2D eigenvalue weighted by Gasteiger charge is -2.07. The number of nitro groups is 1. The number of hydrogen-bond acceptors (Lipinski definition) is 4. The maximum Gasteiger partial charge on any atom is 0.277 e. The van der Waals surface area contributed by atoms with Crippen molar-refractivity contribution >= 4 is 21.6 Å². The molecule has 21 heavy (non-hydrogen) atoms. The van der Waals surface area contributed by atoms with Gasteiger partial charge < -0.3 is 4.74 Å². The average molecular weight is 347 g/mol. The first-order chi connectivity index (χ1) is 10.1. The first-order valence-electron chi connectivity index (χ1n) is 6.11. The van der Waals surface area contributed by atoms with Gasteiger partial charge in [0.25, 0.3) is 5.69 Å². The van der Waals surface area contributed by atoms with Crippen LogP contribution in [0.2, 0.25) is 0 Å². The summed E-state index contributed by atoms with van der Waals surface area (Å²) in [6.07, 6.45) is 0.346. The Morgan fingerprint density at radius 1 is 1.24 bits per heavy atom. The molecule has 0 unspecified atom stereocenters. The van der Waals surface area contributed by atoms with Gasteiger partial charge in [0, 0.05) is 10.5 Å². The molecule has 2 aromatic carbocycles. The van der Waals surface area contributed by atoms with E-state index in [1.54, 1.807) is 36.4 Å². The Balaban J connectivity index is 2.09. The van der Waals surface area contributed by atoms with Gasteiger partial charge in [0.15, 0.2) is 0 Å². The lowest BCUT2D eigenvalue weighted by Crippen LogP contribution is -2.00. The molecule has 5 nitrogen and oxygen atoms in total. The van der Waals surface area contributed by atoms with Gasteiger partial charge in [-0.1, -0.05) is 28.1 Å². The zero-order valence-electron chi connectivity index (χ0n) is 11.0. The van der Waals surface area contributed by atoms with Crippen molar-refractivity contribution in [3.8, 4) is 11.8 Å². The van der Waals surface area contributed by atoms with Gasteiger partial charge in [-0.15, -0.1) is 0 Å². The summed E-state index contributed by atoms with van der Waals surface area (Å²) < 4.78 is 6.20. The van der Waals surface area contributed by atoms with Gasteiger partial charge in [-0.25, -0.2) is 0 Å². The van der Waals surface area contributed by atoms with Crippen LogP contribution >= 0.6 is 15.9 Å². The molecule has 0 bridgehead atoms. The summed E-state index contributed by atoms with van der Waals surface area (Å²) in [5, 5.41) is 19.6. The quantitative estimate of drug-likeness (QED) is 0.605. The van der Waals surface area contributed by atoms with Crippen molar-refractivity contribution in [1.82, 2.24) is 0 Å². The summed E-state index contributed by atoms with van der Waals surface area (Å²) >= 11 is 3.21. The van der Waals surface area contributed by atoms with E-state index >= 15 is 0 Å². The summed E-state index contributed by atoms with van der Waals surface area (Å²) in [6, 6.07) is 14.0. The number of ether oxygens (including phenoxy) is 1.